The molecule has 0 aliphatic carbocycles. The second-order valence-electron chi connectivity index (χ2n) is 3.16. The molecule has 0 spiro atoms. The topological polar surface area (TPSA) is 80.9 Å². The maximum Gasteiger partial charge on any atom is 0.356 e. The summed E-state index contributed by atoms with van der Waals surface area (Å²) in [5, 5.41) is 12.8. The molecule has 0 atom stereocenters. The van der Waals surface area contributed by atoms with Gasteiger partial charge in [0, 0.05) is 18.0 Å². The highest BCUT2D eigenvalue weighted by Crippen LogP contribution is 2.10. The second-order valence-corrected chi connectivity index (χ2v) is 3.16. The summed E-state index contributed by atoms with van der Waals surface area (Å²) in [4.78, 5) is 18.6. The molecule has 0 radical (unpaired) electrons. The standard InChI is InChI=1S/C10H10N4O2/c1-2-7-5-8(10(15)16)13-14(7)9-3-4-11-6-12-9/h3-6H,2H2,1H3,(H,15,16). The van der Waals surface area contributed by atoms with Gasteiger partial charge in [-0.25, -0.2) is 19.4 Å². The lowest BCUT2D eigenvalue weighted by molar-refractivity contribution is 0.0690. The summed E-state index contributed by atoms with van der Waals surface area (Å²) >= 11 is 0. The number of rotatable bonds is 3. The molecule has 2 heterocycles. The predicted octanol–water partition coefficient (Wildman–Crippen LogP) is 0.923. The minimum atomic E-state index is -1.04. The molecule has 2 aromatic heterocycles. The maximum absolute atomic E-state index is 10.8. The molecular formula is C10H10N4O2. The summed E-state index contributed by atoms with van der Waals surface area (Å²) in [6.45, 7) is 1.93. The molecule has 0 aromatic carbocycles. The number of aryl methyl sites for hydroxylation is 1. The minimum Gasteiger partial charge on any atom is -0.476 e. The first-order chi connectivity index (χ1) is 7.72. The van der Waals surface area contributed by atoms with Crippen molar-refractivity contribution < 1.29 is 9.90 Å². The zero-order valence-electron chi connectivity index (χ0n) is 8.66. The van der Waals surface area contributed by atoms with Crippen molar-refractivity contribution >= 4 is 5.97 Å². The van der Waals surface area contributed by atoms with E-state index < -0.39 is 5.97 Å². The quantitative estimate of drug-likeness (QED) is 0.828. The number of hydrogen-bond acceptors (Lipinski definition) is 4. The molecule has 0 bridgehead atoms. The van der Waals surface area contributed by atoms with Crippen molar-refractivity contribution in [3.8, 4) is 5.82 Å². The van der Waals surface area contributed by atoms with E-state index in [9.17, 15) is 4.79 Å². The third-order valence-electron chi connectivity index (χ3n) is 2.15. The molecule has 6 nitrogen and oxygen atoms in total. The number of carboxylic acids is 1. The van der Waals surface area contributed by atoms with Crippen LogP contribution in [0.4, 0.5) is 0 Å². The van der Waals surface area contributed by atoms with Crippen LogP contribution in [0.3, 0.4) is 0 Å². The highest BCUT2D eigenvalue weighted by atomic mass is 16.4. The van der Waals surface area contributed by atoms with E-state index in [2.05, 4.69) is 15.1 Å². The van der Waals surface area contributed by atoms with Crippen LogP contribution in [0.5, 0.6) is 0 Å². The van der Waals surface area contributed by atoms with Gasteiger partial charge in [-0.3, -0.25) is 0 Å². The van der Waals surface area contributed by atoms with Crippen molar-refractivity contribution in [1.82, 2.24) is 19.7 Å². The van der Waals surface area contributed by atoms with Crippen LogP contribution in [0.15, 0.2) is 24.7 Å². The summed E-state index contributed by atoms with van der Waals surface area (Å²) in [5.41, 5.74) is 0.826. The molecule has 1 N–H and O–H groups in total. The average Bonchev–Trinajstić information content (AvgIpc) is 2.74. The lowest BCUT2D eigenvalue weighted by atomic mass is 10.3. The SMILES string of the molecule is CCc1cc(C(=O)O)nn1-c1ccncn1. The molecule has 82 valence electrons. The molecule has 0 amide bonds. The Bertz CT molecular complexity index is 507. The number of hydrogen-bond donors (Lipinski definition) is 1. The van der Waals surface area contributed by atoms with Gasteiger partial charge in [0.05, 0.1) is 0 Å². The van der Waals surface area contributed by atoms with Crippen molar-refractivity contribution in [2.24, 2.45) is 0 Å². The minimum absolute atomic E-state index is 0.0236. The number of nitrogens with zero attached hydrogens (tertiary/aromatic N) is 4. The summed E-state index contributed by atoms with van der Waals surface area (Å²) in [5.74, 6) is -0.471. The molecule has 0 saturated heterocycles. The lowest BCUT2D eigenvalue weighted by Gasteiger charge is -2.02. The third-order valence-corrected chi connectivity index (χ3v) is 2.15. The summed E-state index contributed by atoms with van der Waals surface area (Å²) in [6, 6.07) is 3.22. The molecule has 6 heteroatoms. The van der Waals surface area contributed by atoms with E-state index in [1.807, 2.05) is 6.92 Å². The van der Waals surface area contributed by atoms with E-state index in [1.165, 1.54) is 11.0 Å². The van der Waals surface area contributed by atoms with Crippen LogP contribution in [0, 0.1) is 0 Å². The number of aromatic carboxylic acids is 1. The van der Waals surface area contributed by atoms with Gasteiger partial charge >= 0.3 is 5.97 Å². The molecular weight excluding hydrogens is 208 g/mol. The molecule has 0 unspecified atom stereocenters. The highest BCUT2D eigenvalue weighted by molar-refractivity contribution is 5.85. The summed E-state index contributed by atoms with van der Waals surface area (Å²) < 4.78 is 1.52. The van der Waals surface area contributed by atoms with Gasteiger partial charge < -0.3 is 5.11 Å². The molecule has 2 aromatic rings. The molecule has 0 aliphatic rings. The van der Waals surface area contributed by atoms with Crippen LogP contribution in [0.2, 0.25) is 0 Å². The zero-order chi connectivity index (χ0) is 11.5. The normalized spacial score (nSPS) is 10.3. The van der Waals surface area contributed by atoms with Crippen LogP contribution >= 0.6 is 0 Å². The Morgan fingerprint density at radius 2 is 2.38 bits per heavy atom. The number of carboxylic acid groups (broad SMARTS) is 1. The van der Waals surface area contributed by atoms with E-state index in [1.54, 1.807) is 18.3 Å². The van der Waals surface area contributed by atoms with Gasteiger partial charge in [-0.15, -0.1) is 0 Å². The van der Waals surface area contributed by atoms with E-state index >= 15 is 0 Å². The van der Waals surface area contributed by atoms with Gasteiger partial charge in [-0.1, -0.05) is 6.92 Å². The van der Waals surface area contributed by atoms with Crippen LogP contribution in [0.25, 0.3) is 5.82 Å². The Labute approximate surface area is 91.6 Å². The summed E-state index contributed by atoms with van der Waals surface area (Å²) in [7, 11) is 0. The van der Waals surface area contributed by atoms with Crippen molar-refractivity contribution in [1.29, 1.82) is 0 Å². The van der Waals surface area contributed by atoms with Crippen LogP contribution in [0.1, 0.15) is 23.1 Å². The maximum atomic E-state index is 10.8. The first-order valence-electron chi connectivity index (χ1n) is 4.81. The largest absolute Gasteiger partial charge is 0.476 e. The first-order valence-corrected chi connectivity index (χ1v) is 4.81. The molecule has 2 rings (SSSR count). The van der Waals surface area contributed by atoms with E-state index in [-0.39, 0.29) is 5.69 Å². The second kappa shape index (κ2) is 4.09. The first kappa shape index (κ1) is 10.3. The van der Waals surface area contributed by atoms with Gasteiger partial charge in [0.25, 0.3) is 0 Å². The van der Waals surface area contributed by atoms with E-state index in [0.29, 0.717) is 12.2 Å². The number of aromatic nitrogens is 4. The Balaban J connectivity index is 2.52. The Morgan fingerprint density at radius 3 is 2.94 bits per heavy atom. The fraction of sp³-hybridized carbons (Fsp3) is 0.200. The Kier molecular flexibility index (Phi) is 2.63. The lowest BCUT2D eigenvalue weighted by Crippen LogP contribution is -2.05. The van der Waals surface area contributed by atoms with Gasteiger partial charge in [0.15, 0.2) is 11.5 Å². The van der Waals surface area contributed by atoms with Gasteiger partial charge in [-0.2, -0.15) is 5.10 Å². The molecule has 16 heavy (non-hydrogen) atoms. The van der Waals surface area contributed by atoms with Gasteiger partial charge in [0.2, 0.25) is 0 Å². The summed E-state index contributed by atoms with van der Waals surface area (Å²) in [6.07, 6.45) is 3.67. The Hall–Kier alpha value is -2.24. The predicted molar refractivity (Wildman–Crippen MR) is 55.5 cm³/mol. The van der Waals surface area contributed by atoms with Crippen molar-refractivity contribution in [3.05, 3.63) is 36.0 Å². The van der Waals surface area contributed by atoms with Crippen molar-refractivity contribution in [2.75, 3.05) is 0 Å². The fourth-order valence-electron chi connectivity index (χ4n) is 1.38. The monoisotopic (exact) mass is 218 g/mol. The van der Waals surface area contributed by atoms with E-state index in [0.717, 1.165) is 5.69 Å². The van der Waals surface area contributed by atoms with Gasteiger partial charge in [0.1, 0.15) is 6.33 Å². The van der Waals surface area contributed by atoms with Crippen molar-refractivity contribution in [2.45, 2.75) is 13.3 Å². The Morgan fingerprint density at radius 1 is 1.56 bits per heavy atom. The van der Waals surface area contributed by atoms with Gasteiger partial charge in [-0.05, 0) is 12.5 Å². The smallest absolute Gasteiger partial charge is 0.356 e. The van der Waals surface area contributed by atoms with Crippen LogP contribution < -0.4 is 0 Å². The average molecular weight is 218 g/mol. The highest BCUT2D eigenvalue weighted by Gasteiger charge is 2.13. The molecule has 0 fully saturated rings. The van der Waals surface area contributed by atoms with Crippen LogP contribution in [-0.4, -0.2) is 30.8 Å². The fourth-order valence-corrected chi connectivity index (χ4v) is 1.38. The van der Waals surface area contributed by atoms with Crippen LogP contribution in [-0.2, 0) is 6.42 Å². The molecule has 0 saturated carbocycles. The number of carbonyl (C=O) groups is 1. The van der Waals surface area contributed by atoms with E-state index in [4.69, 9.17) is 5.11 Å². The van der Waals surface area contributed by atoms with Crippen molar-refractivity contribution in [3.63, 3.8) is 0 Å². The molecule has 0 aliphatic heterocycles. The third kappa shape index (κ3) is 1.77. The zero-order valence-corrected chi connectivity index (χ0v) is 8.66.